The highest BCUT2D eigenvalue weighted by Gasteiger charge is 2.13. The number of aryl methyl sites for hydroxylation is 1. The fourth-order valence-electron chi connectivity index (χ4n) is 1.68. The van der Waals surface area contributed by atoms with Gasteiger partial charge in [0.25, 0.3) is 0 Å². The summed E-state index contributed by atoms with van der Waals surface area (Å²) in [4.78, 5) is 4.37. The van der Waals surface area contributed by atoms with Crippen LogP contribution >= 0.6 is 23.4 Å². The molecule has 0 saturated carbocycles. The van der Waals surface area contributed by atoms with Gasteiger partial charge in [0.1, 0.15) is 10.2 Å². The molecule has 0 aliphatic heterocycles. The minimum Gasteiger partial charge on any atom is -0.237 e. The molecular weight excluding hydrogens is 242 g/mol. The molecule has 3 nitrogen and oxygen atoms in total. The van der Waals surface area contributed by atoms with Gasteiger partial charge in [-0.05, 0) is 25.2 Å². The maximum absolute atomic E-state index is 6.08. The van der Waals surface area contributed by atoms with Crippen molar-refractivity contribution in [3.63, 3.8) is 0 Å². The molecule has 2 heterocycles. The molecule has 2 aromatic rings. The maximum Gasteiger partial charge on any atom is 0.161 e. The topological polar surface area (TPSA) is 30.2 Å². The fourth-order valence-corrected chi connectivity index (χ4v) is 2.46. The van der Waals surface area contributed by atoms with Crippen molar-refractivity contribution in [3.05, 3.63) is 23.0 Å². The van der Waals surface area contributed by atoms with Crippen LogP contribution in [-0.4, -0.2) is 20.9 Å². The molecule has 16 heavy (non-hydrogen) atoms. The third-order valence-corrected chi connectivity index (χ3v) is 3.51. The monoisotopic (exact) mass is 255 g/mol. The van der Waals surface area contributed by atoms with Crippen molar-refractivity contribution < 1.29 is 0 Å². The van der Waals surface area contributed by atoms with Crippen molar-refractivity contribution in [2.24, 2.45) is 0 Å². The molecule has 5 heteroatoms. The van der Waals surface area contributed by atoms with E-state index in [2.05, 4.69) is 17.0 Å². The minimum atomic E-state index is 0.614. The molecule has 0 N–H and O–H groups in total. The molecule has 0 saturated heterocycles. The van der Waals surface area contributed by atoms with Crippen LogP contribution in [0.5, 0.6) is 0 Å². The number of rotatable bonds is 4. The molecule has 86 valence electrons. The van der Waals surface area contributed by atoms with Crippen LogP contribution in [-0.2, 0) is 6.42 Å². The number of aromatic nitrogens is 3. The Bertz CT molecular complexity index is 495. The molecule has 2 rings (SSSR count). The second-order valence-electron chi connectivity index (χ2n) is 3.59. The molecule has 0 unspecified atom stereocenters. The van der Waals surface area contributed by atoms with Crippen LogP contribution < -0.4 is 0 Å². The van der Waals surface area contributed by atoms with Gasteiger partial charge in [-0.2, -0.15) is 5.10 Å². The highest BCUT2D eigenvalue weighted by Crippen LogP contribution is 2.25. The number of halogens is 1. The molecule has 0 aromatic carbocycles. The van der Waals surface area contributed by atoms with Crippen molar-refractivity contribution in [3.8, 4) is 0 Å². The van der Waals surface area contributed by atoms with Gasteiger partial charge >= 0.3 is 0 Å². The van der Waals surface area contributed by atoms with E-state index in [0.717, 1.165) is 23.5 Å². The zero-order valence-corrected chi connectivity index (χ0v) is 11.0. The Morgan fingerprint density at radius 3 is 3.00 bits per heavy atom. The van der Waals surface area contributed by atoms with Crippen LogP contribution in [0.3, 0.4) is 0 Å². The van der Waals surface area contributed by atoms with E-state index in [9.17, 15) is 0 Å². The van der Waals surface area contributed by atoms with E-state index in [1.54, 1.807) is 28.5 Å². The van der Waals surface area contributed by atoms with Crippen LogP contribution in [0.4, 0.5) is 0 Å². The Kier molecular flexibility index (Phi) is 3.71. The SMILES string of the molecule is CCCCc1c(SC)nn2c(Cl)ccnc12. The molecule has 2 aromatic heterocycles. The molecular formula is C11H14ClN3S. The van der Waals surface area contributed by atoms with Crippen molar-refractivity contribution >= 4 is 29.0 Å². The first-order valence-electron chi connectivity index (χ1n) is 5.34. The summed E-state index contributed by atoms with van der Waals surface area (Å²) in [7, 11) is 0. The molecule has 0 amide bonds. The average Bonchev–Trinajstić information content (AvgIpc) is 2.66. The van der Waals surface area contributed by atoms with Gasteiger partial charge in [-0.1, -0.05) is 24.9 Å². The Morgan fingerprint density at radius 1 is 1.50 bits per heavy atom. The summed E-state index contributed by atoms with van der Waals surface area (Å²) < 4.78 is 1.72. The molecule has 0 radical (unpaired) electrons. The van der Waals surface area contributed by atoms with Crippen molar-refractivity contribution in [1.29, 1.82) is 0 Å². The Balaban J connectivity index is 2.54. The lowest BCUT2D eigenvalue weighted by Crippen LogP contribution is -1.92. The van der Waals surface area contributed by atoms with E-state index in [-0.39, 0.29) is 0 Å². The van der Waals surface area contributed by atoms with Gasteiger partial charge in [-0.3, -0.25) is 0 Å². The van der Waals surface area contributed by atoms with Crippen LogP contribution in [0.2, 0.25) is 5.15 Å². The van der Waals surface area contributed by atoms with Crippen molar-refractivity contribution in [2.45, 2.75) is 31.2 Å². The van der Waals surface area contributed by atoms with E-state index in [1.165, 1.54) is 12.0 Å². The van der Waals surface area contributed by atoms with E-state index in [0.29, 0.717) is 5.15 Å². The minimum absolute atomic E-state index is 0.614. The van der Waals surface area contributed by atoms with Gasteiger partial charge in [0.2, 0.25) is 0 Å². The summed E-state index contributed by atoms with van der Waals surface area (Å²) >= 11 is 7.73. The largest absolute Gasteiger partial charge is 0.237 e. The van der Waals surface area contributed by atoms with E-state index in [4.69, 9.17) is 11.6 Å². The summed E-state index contributed by atoms with van der Waals surface area (Å²) in [6, 6.07) is 1.76. The Morgan fingerprint density at radius 2 is 2.31 bits per heavy atom. The van der Waals surface area contributed by atoms with Gasteiger partial charge in [0, 0.05) is 11.8 Å². The first-order chi connectivity index (χ1) is 7.77. The lowest BCUT2D eigenvalue weighted by atomic mass is 10.1. The second-order valence-corrected chi connectivity index (χ2v) is 4.78. The number of unbranched alkanes of at least 4 members (excludes halogenated alkanes) is 1. The molecule has 0 aliphatic rings. The number of hydrogen-bond acceptors (Lipinski definition) is 3. The maximum atomic E-state index is 6.08. The van der Waals surface area contributed by atoms with Crippen LogP contribution in [0.15, 0.2) is 17.3 Å². The van der Waals surface area contributed by atoms with Crippen molar-refractivity contribution in [2.75, 3.05) is 6.26 Å². The normalized spacial score (nSPS) is 11.2. The Hall–Kier alpha value is -0.740. The Labute approximate surface area is 104 Å². The predicted molar refractivity (Wildman–Crippen MR) is 68.4 cm³/mol. The van der Waals surface area contributed by atoms with Crippen LogP contribution in [0, 0.1) is 0 Å². The van der Waals surface area contributed by atoms with Gasteiger partial charge < -0.3 is 0 Å². The number of thioether (sulfide) groups is 1. The molecule has 0 fully saturated rings. The lowest BCUT2D eigenvalue weighted by molar-refractivity contribution is 0.785. The van der Waals surface area contributed by atoms with E-state index >= 15 is 0 Å². The van der Waals surface area contributed by atoms with Crippen LogP contribution in [0.1, 0.15) is 25.3 Å². The summed E-state index contributed by atoms with van der Waals surface area (Å²) in [5.41, 5.74) is 2.11. The predicted octanol–water partition coefficient (Wildman–Crippen LogP) is 3.45. The highest BCUT2D eigenvalue weighted by atomic mass is 35.5. The smallest absolute Gasteiger partial charge is 0.161 e. The fraction of sp³-hybridized carbons (Fsp3) is 0.455. The quantitative estimate of drug-likeness (QED) is 0.619. The summed E-state index contributed by atoms with van der Waals surface area (Å²) in [6.07, 6.45) is 7.11. The summed E-state index contributed by atoms with van der Waals surface area (Å²) in [5, 5.41) is 6.12. The number of hydrogen-bond donors (Lipinski definition) is 0. The average molecular weight is 256 g/mol. The van der Waals surface area contributed by atoms with Gasteiger partial charge in [-0.25, -0.2) is 9.50 Å². The highest BCUT2D eigenvalue weighted by molar-refractivity contribution is 7.98. The van der Waals surface area contributed by atoms with E-state index in [1.807, 2.05) is 6.26 Å². The van der Waals surface area contributed by atoms with Gasteiger partial charge in [0.05, 0.1) is 0 Å². The third-order valence-electron chi connectivity index (χ3n) is 2.50. The first kappa shape index (κ1) is 11.7. The third kappa shape index (κ3) is 2.04. The van der Waals surface area contributed by atoms with Crippen molar-refractivity contribution in [1.82, 2.24) is 14.6 Å². The first-order valence-corrected chi connectivity index (χ1v) is 6.94. The molecule has 0 bridgehead atoms. The molecule has 0 atom stereocenters. The standard InChI is InChI=1S/C11H14ClN3S/c1-3-4-5-8-10-13-7-6-9(12)15(10)14-11(8)16-2/h6-7H,3-5H2,1-2H3. The summed E-state index contributed by atoms with van der Waals surface area (Å²) in [6.45, 7) is 2.19. The molecule has 0 aliphatic carbocycles. The van der Waals surface area contributed by atoms with Crippen LogP contribution in [0.25, 0.3) is 5.65 Å². The summed E-state index contributed by atoms with van der Waals surface area (Å²) in [5.74, 6) is 0. The zero-order chi connectivity index (χ0) is 11.5. The molecule has 0 spiro atoms. The second kappa shape index (κ2) is 5.06. The van der Waals surface area contributed by atoms with E-state index < -0.39 is 0 Å². The number of nitrogens with zero attached hydrogens (tertiary/aromatic N) is 3. The lowest BCUT2D eigenvalue weighted by Gasteiger charge is -1.98. The van der Waals surface area contributed by atoms with Gasteiger partial charge in [-0.15, -0.1) is 11.8 Å². The zero-order valence-electron chi connectivity index (χ0n) is 9.40. The number of fused-ring (bicyclic) bond motifs is 1. The van der Waals surface area contributed by atoms with Gasteiger partial charge in [0.15, 0.2) is 5.65 Å².